The largest absolute Gasteiger partial charge is 0.343 e. The SMILES string of the molecule is O=CN1CCN(S(=O)(=O)c2ccccc2)CC1. The number of hydrogen-bond acceptors (Lipinski definition) is 3. The van der Waals surface area contributed by atoms with E-state index in [1.807, 2.05) is 0 Å². The molecule has 1 saturated heterocycles. The lowest BCUT2D eigenvalue weighted by molar-refractivity contribution is -0.119. The minimum absolute atomic E-state index is 0.305. The maximum atomic E-state index is 12.2. The molecule has 1 aliphatic heterocycles. The third-order valence-corrected chi connectivity index (χ3v) is 4.72. The van der Waals surface area contributed by atoms with Crippen LogP contribution in [0.15, 0.2) is 35.2 Å². The van der Waals surface area contributed by atoms with Gasteiger partial charge in [0.25, 0.3) is 0 Å². The van der Waals surface area contributed by atoms with E-state index in [1.54, 1.807) is 35.2 Å². The summed E-state index contributed by atoms with van der Waals surface area (Å²) in [6.07, 6.45) is 0.756. The topological polar surface area (TPSA) is 57.7 Å². The van der Waals surface area contributed by atoms with E-state index in [0.717, 1.165) is 6.41 Å². The molecule has 1 aromatic carbocycles. The fourth-order valence-electron chi connectivity index (χ4n) is 1.79. The van der Waals surface area contributed by atoms with Crippen LogP contribution in [0.2, 0.25) is 0 Å². The summed E-state index contributed by atoms with van der Waals surface area (Å²) in [5.74, 6) is 0. The number of carbonyl (C=O) groups excluding carboxylic acids is 1. The third-order valence-electron chi connectivity index (χ3n) is 2.80. The van der Waals surface area contributed by atoms with Crippen LogP contribution in [0.5, 0.6) is 0 Å². The van der Waals surface area contributed by atoms with Crippen molar-refractivity contribution in [3.05, 3.63) is 30.3 Å². The van der Waals surface area contributed by atoms with Crippen molar-refractivity contribution in [3.63, 3.8) is 0 Å². The molecular weight excluding hydrogens is 240 g/mol. The predicted octanol–water partition coefficient (Wildman–Crippen LogP) is 0.149. The number of nitrogens with zero attached hydrogens (tertiary/aromatic N) is 2. The first-order chi connectivity index (χ1) is 8.14. The molecule has 1 heterocycles. The molecule has 1 fully saturated rings. The summed E-state index contributed by atoms with van der Waals surface area (Å²) in [7, 11) is -3.40. The Morgan fingerprint density at radius 2 is 1.59 bits per heavy atom. The molecule has 17 heavy (non-hydrogen) atoms. The van der Waals surface area contributed by atoms with Crippen LogP contribution in [0.4, 0.5) is 0 Å². The summed E-state index contributed by atoms with van der Waals surface area (Å²) in [5.41, 5.74) is 0. The molecule has 0 bridgehead atoms. The Kier molecular flexibility index (Phi) is 3.44. The molecule has 0 aliphatic carbocycles. The highest BCUT2D eigenvalue weighted by Crippen LogP contribution is 2.16. The van der Waals surface area contributed by atoms with Gasteiger partial charge in [-0.3, -0.25) is 4.79 Å². The minimum atomic E-state index is -3.40. The van der Waals surface area contributed by atoms with Gasteiger partial charge in [0.2, 0.25) is 16.4 Å². The molecule has 2 rings (SSSR count). The Hall–Kier alpha value is -1.40. The van der Waals surface area contributed by atoms with Crippen molar-refractivity contribution in [1.29, 1.82) is 0 Å². The molecule has 0 atom stereocenters. The van der Waals surface area contributed by atoms with Crippen LogP contribution in [-0.2, 0) is 14.8 Å². The number of rotatable bonds is 3. The van der Waals surface area contributed by atoms with Gasteiger partial charge in [0.15, 0.2) is 0 Å². The Balaban J connectivity index is 2.16. The molecule has 0 saturated carbocycles. The van der Waals surface area contributed by atoms with Crippen LogP contribution >= 0.6 is 0 Å². The molecule has 5 nitrogen and oxygen atoms in total. The average Bonchev–Trinajstić information content (AvgIpc) is 2.40. The fourth-order valence-corrected chi connectivity index (χ4v) is 3.23. The van der Waals surface area contributed by atoms with Gasteiger partial charge in [-0.25, -0.2) is 8.42 Å². The fraction of sp³-hybridized carbons (Fsp3) is 0.364. The molecule has 0 N–H and O–H groups in total. The zero-order chi connectivity index (χ0) is 12.3. The van der Waals surface area contributed by atoms with Gasteiger partial charge in [0.1, 0.15) is 0 Å². The highest BCUT2D eigenvalue weighted by Gasteiger charge is 2.27. The van der Waals surface area contributed by atoms with Gasteiger partial charge in [-0.05, 0) is 12.1 Å². The number of carbonyl (C=O) groups is 1. The number of piperazine rings is 1. The second-order valence-corrected chi connectivity index (χ2v) is 5.80. The highest BCUT2D eigenvalue weighted by atomic mass is 32.2. The van der Waals surface area contributed by atoms with Crippen LogP contribution < -0.4 is 0 Å². The monoisotopic (exact) mass is 254 g/mol. The first-order valence-electron chi connectivity index (χ1n) is 5.39. The van der Waals surface area contributed by atoms with Crippen molar-refractivity contribution in [2.24, 2.45) is 0 Å². The van der Waals surface area contributed by atoms with Gasteiger partial charge in [-0.2, -0.15) is 4.31 Å². The molecule has 0 radical (unpaired) electrons. The summed E-state index contributed by atoms with van der Waals surface area (Å²) in [5, 5.41) is 0. The molecule has 92 valence electrons. The minimum Gasteiger partial charge on any atom is -0.343 e. The van der Waals surface area contributed by atoms with Crippen LogP contribution in [-0.4, -0.2) is 50.2 Å². The van der Waals surface area contributed by atoms with Crippen LogP contribution in [0.3, 0.4) is 0 Å². The Morgan fingerprint density at radius 1 is 1.00 bits per heavy atom. The van der Waals surface area contributed by atoms with Crippen LogP contribution in [0.1, 0.15) is 0 Å². The van der Waals surface area contributed by atoms with Crippen molar-refractivity contribution in [2.45, 2.75) is 4.90 Å². The van der Waals surface area contributed by atoms with Crippen molar-refractivity contribution in [1.82, 2.24) is 9.21 Å². The van der Waals surface area contributed by atoms with Crippen molar-refractivity contribution in [3.8, 4) is 0 Å². The lowest BCUT2D eigenvalue weighted by Crippen LogP contribution is -2.47. The molecule has 0 spiro atoms. The van der Waals surface area contributed by atoms with Gasteiger partial charge >= 0.3 is 0 Å². The number of amides is 1. The zero-order valence-electron chi connectivity index (χ0n) is 9.32. The maximum absolute atomic E-state index is 12.2. The molecule has 0 unspecified atom stereocenters. The normalized spacial score (nSPS) is 18.0. The van der Waals surface area contributed by atoms with Crippen molar-refractivity contribution < 1.29 is 13.2 Å². The van der Waals surface area contributed by atoms with Gasteiger partial charge in [-0.15, -0.1) is 0 Å². The molecule has 1 aliphatic rings. The third kappa shape index (κ3) is 2.48. The van der Waals surface area contributed by atoms with Crippen molar-refractivity contribution in [2.75, 3.05) is 26.2 Å². The van der Waals surface area contributed by atoms with Crippen LogP contribution in [0, 0.1) is 0 Å². The number of hydrogen-bond donors (Lipinski definition) is 0. The van der Waals surface area contributed by atoms with Gasteiger partial charge in [0, 0.05) is 26.2 Å². The summed E-state index contributed by atoms with van der Waals surface area (Å²) < 4.78 is 25.8. The highest BCUT2D eigenvalue weighted by molar-refractivity contribution is 7.89. The molecule has 1 aromatic rings. The van der Waals surface area contributed by atoms with Gasteiger partial charge in [0.05, 0.1) is 4.90 Å². The van der Waals surface area contributed by atoms with E-state index in [2.05, 4.69) is 0 Å². The number of benzene rings is 1. The first-order valence-corrected chi connectivity index (χ1v) is 6.83. The summed E-state index contributed by atoms with van der Waals surface area (Å²) >= 11 is 0. The van der Waals surface area contributed by atoms with Crippen molar-refractivity contribution >= 4 is 16.4 Å². The van der Waals surface area contributed by atoms with E-state index in [1.165, 1.54) is 4.31 Å². The Bertz CT molecular complexity index is 479. The van der Waals surface area contributed by atoms with E-state index >= 15 is 0 Å². The van der Waals surface area contributed by atoms with E-state index in [9.17, 15) is 13.2 Å². The van der Waals surface area contributed by atoms with Crippen LogP contribution in [0.25, 0.3) is 0 Å². The maximum Gasteiger partial charge on any atom is 0.243 e. The predicted molar refractivity (Wildman–Crippen MR) is 62.8 cm³/mol. The molecular formula is C11H14N2O3S. The zero-order valence-corrected chi connectivity index (χ0v) is 10.1. The molecule has 6 heteroatoms. The van der Waals surface area contributed by atoms with E-state index in [4.69, 9.17) is 0 Å². The lowest BCUT2D eigenvalue weighted by atomic mass is 10.4. The molecule has 1 amide bonds. The summed E-state index contributed by atoms with van der Waals surface area (Å²) in [6.45, 7) is 1.62. The Labute approximate surface area is 101 Å². The van der Waals surface area contributed by atoms with Gasteiger partial charge in [-0.1, -0.05) is 18.2 Å². The lowest BCUT2D eigenvalue weighted by Gasteiger charge is -2.31. The summed E-state index contributed by atoms with van der Waals surface area (Å²) in [4.78, 5) is 12.4. The smallest absolute Gasteiger partial charge is 0.243 e. The first kappa shape index (κ1) is 12.1. The molecule has 0 aromatic heterocycles. The van der Waals surface area contributed by atoms with E-state index in [0.29, 0.717) is 31.1 Å². The second kappa shape index (κ2) is 4.85. The average molecular weight is 254 g/mol. The van der Waals surface area contributed by atoms with E-state index in [-0.39, 0.29) is 0 Å². The van der Waals surface area contributed by atoms with E-state index < -0.39 is 10.0 Å². The Morgan fingerprint density at radius 3 is 2.12 bits per heavy atom. The van der Waals surface area contributed by atoms with Gasteiger partial charge < -0.3 is 4.90 Å². The quantitative estimate of drug-likeness (QED) is 0.721. The number of sulfonamides is 1. The summed E-state index contributed by atoms with van der Waals surface area (Å²) in [6, 6.07) is 8.36. The standard InChI is InChI=1S/C11H14N2O3S/c14-10-12-6-8-13(9-7-12)17(15,16)11-4-2-1-3-5-11/h1-5,10H,6-9H2. The second-order valence-electron chi connectivity index (χ2n) is 3.86.